The first-order valence-corrected chi connectivity index (χ1v) is 6.48. The van der Waals surface area contributed by atoms with Crippen molar-refractivity contribution in [2.45, 2.75) is 25.7 Å². The number of carbonyl (C=O) groups excluding carboxylic acids is 1. The molecule has 0 saturated carbocycles. The number of aliphatic carboxylic acids is 1. The van der Waals surface area contributed by atoms with Gasteiger partial charge in [-0.1, -0.05) is 19.1 Å². The Morgan fingerprint density at radius 1 is 1.23 bits per heavy atom. The van der Waals surface area contributed by atoms with E-state index >= 15 is 0 Å². The molecule has 0 heterocycles. The van der Waals surface area contributed by atoms with E-state index < -0.39 is 36.3 Å². The summed E-state index contributed by atoms with van der Waals surface area (Å²) < 4.78 is 51.4. The highest BCUT2D eigenvalue weighted by Gasteiger charge is 2.31. The second-order valence-corrected chi connectivity index (χ2v) is 4.64. The zero-order valence-corrected chi connectivity index (χ0v) is 11.7. The van der Waals surface area contributed by atoms with E-state index in [4.69, 9.17) is 5.11 Å². The van der Waals surface area contributed by atoms with Crippen LogP contribution in [0.2, 0.25) is 0 Å². The summed E-state index contributed by atoms with van der Waals surface area (Å²) in [6.45, 7) is 1.08. The normalized spacial score (nSPS) is 12.8. The van der Waals surface area contributed by atoms with Crippen LogP contribution >= 0.6 is 0 Å². The van der Waals surface area contributed by atoms with E-state index in [1.54, 1.807) is 6.92 Å². The maximum atomic E-state index is 14.1. The van der Waals surface area contributed by atoms with Gasteiger partial charge in [-0.2, -0.15) is 13.2 Å². The van der Waals surface area contributed by atoms with Gasteiger partial charge in [0.25, 0.3) is 5.91 Å². The Hall–Kier alpha value is -2.12. The summed E-state index contributed by atoms with van der Waals surface area (Å²) in [6, 6.07) is 3.10. The summed E-state index contributed by atoms with van der Waals surface area (Å²) in [5, 5.41) is 8.70. The Morgan fingerprint density at radius 2 is 1.77 bits per heavy atom. The SMILES string of the molecule is CCCN(CC(=O)O)C(=O)C(F)c1ccc(C(F)(F)F)cc1. The van der Waals surface area contributed by atoms with Crippen LogP contribution in [0.25, 0.3) is 0 Å². The molecule has 1 N–H and O–H groups in total. The molecule has 0 saturated heterocycles. The number of alkyl halides is 4. The zero-order valence-electron chi connectivity index (χ0n) is 11.7. The average Bonchev–Trinajstić information content (AvgIpc) is 2.44. The third kappa shape index (κ3) is 4.71. The van der Waals surface area contributed by atoms with Gasteiger partial charge >= 0.3 is 12.1 Å². The van der Waals surface area contributed by atoms with Gasteiger partial charge in [0, 0.05) is 6.54 Å². The summed E-state index contributed by atoms with van der Waals surface area (Å²) in [6.07, 6.45) is -6.32. The van der Waals surface area contributed by atoms with E-state index in [1.807, 2.05) is 0 Å². The molecular formula is C14H15F4NO3. The first kappa shape index (κ1) is 17.9. The van der Waals surface area contributed by atoms with Crippen LogP contribution in [0.4, 0.5) is 17.6 Å². The molecule has 1 unspecified atom stereocenters. The van der Waals surface area contributed by atoms with Gasteiger partial charge in [0.05, 0.1) is 5.56 Å². The predicted molar refractivity (Wildman–Crippen MR) is 69.8 cm³/mol. The number of hydrogen-bond acceptors (Lipinski definition) is 2. The summed E-state index contributed by atoms with van der Waals surface area (Å²) >= 11 is 0. The Balaban J connectivity index is 2.91. The molecule has 1 aromatic rings. The Labute approximate surface area is 124 Å². The molecule has 1 amide bonds. The van der Waals surface area contributed by atoms with Crippen molar-refractivity contribution in [3.8, 4) is 0 Å². The lowest BCUT2D eigenvalue weighted by molar-refractivity contribution is -0.147. The van der Waals surface area contributed by atoms with Crippen LogP contribution in [0.5, 0.6) is 0 Å². The Bertz CT molecular complexity index is 528. The Morgan fingerprint density at radius 3 is 2.18 bits per heavy atom. The lowest BCUT2D eigenvalue weighted by atomic mass is 10.1. The molecule has 0 fully saturated rings. The standard InChI is InChI=1S/C14H15F4NO3/c1-2-7-19(8-11(20)21)13(22)12(15)9-3-5-10(6-4-9)14(16,17)18/h3-6,12H,2,7-8H2,1H3,(H,20,21). The third-order valence-corrected chi connectivity index (χ3v) is 2.88. The smallest absolute Gasteiger partial charge is 0.416 e. The molecule has 0 aromatic heterocycles. The summed E-state index contributed by atoms with van der Waals surface area (Å²) in [7, 11) is 0. The molecule has 8 heteroatoms. The lowest BCUT2D eigenvalue weighted by Crippen LogP contribution is -2.38. The summed E-state index contributed by atoms with van der Waals surface area (Å²) in [4.78, 5) is 23.4. The van der Waals surface area contributed by atoms with Crippen molar-refractivity contribution in [1.82, 2.24) is 4.90 Å². The van der Waals surface area contributed by atoms with Gasteiger partial charge in [-0.3, -0.25) is 9.59 Å². The molecule has 1 aromatic carbocycles. The molecule has 0 aliphatic heterocycles. The van der Waals surface area contributed by atoms with Crippen LogP contribution in [0, 0.1) is 0 Å². The quantitative estimate of drug-likeness (QED) is 0.819. The number of amides is 1. The van der Waals surface area contributed by atoms with Crippen molar-refractivity contribution >= 4 is 11.9 Å². The molecule has 0 aliphatic carbocycles. The number of nitrogens with zero attached hydrogens (tertiary/aromatic N) is 1. The average molecular weight is 321 g/mol. The van der Waals surface area contributed by atoms with E-state index in [0.717, 1.165) is 17.0 Å². The van der Waals surface area contributed by atoms with Crippen LogP contribution in [0.3, 0.4) is 0 Å². The fraction of sp³-hybridized carbons (Fsp3) is 0.429. The van der Waals surface area contributed by atoms with Gasteiger partial charge in [0.1, 0.15) is 6.54 Å². The van der Waals surface area contributed by atoms with Crippen LogP contribution in [-0.2, 0) is 15.8 Å². The predicted octanol–water partition coefficient (Wildman–Crippen LogP) is 3.04. The molecule has 22 heavy (non-hydrogen) atoms. The fourth-order valence-corrected chi connectivity index (χ4v) is 1.84. The van der Waals surface area contributed by atoms with E-state index in [2.05, 4.69) is 0 Å². The molecule has 0 aliphatic rings. The van der Waals surface area contributed by atoms with Crippen molar-refractivity contribution in [3.63, 3.8) is 0 Å². The number of halogens is 4. The zero-order chi connectivity index (χ0) is 16.9. The highest BCUT2D eigenvalue weighted by Crippen LogP contribution is 2.30. The van der Waals surface area contributed by atoms with Crippen molar-refractivity contribution in [2.75, 3.05) is 13.1 Å². The fourth-order valence-electron chi connectivity index (χ4n) is 1.84. The van der Waals surface area contributed by atoms with Crippen LogP contribution in [-0.4, -0.2) is 35.0 Å². The second kappa shape index (κ2) is 7.24. The number of carboxylic acid groups (broad SMARTS) is 1. The van der Waals surface area contributed by atoms with Gasteiger partial charge in [-0.05, 0) is 24.1 Å². The lowest BCUT2D eigenvalue weighted by Gasteiger charge is -2.22. The number of benzene rings is 1. The van der Waals surface area contributed by atoms with Crippen molar-refractivity contribution in [2.24, 2.45) is 0 Å². The van der Waals surface area contributed by atoms with Crippen LogP contribution in [0.1, 0.15) is 30.6 Å². The topological polar surface area (TPSA) is 57.6 Å². The van der Waals surface area contributed by atoms with E-state index in [0.29, 0.717) is 18.6 Å². The van der Waals surface area contributed by atoms with E-state index in [9.17, 15) is 27.2 Å². The van der Waals surface area contributed by atoms with Crippen molar-refractivity contribution in [3.05, 3.63) is 35.4 Å². The number of rotatable bonds is 6. The molecule has 0 spiro atoms. The third-order valence-electron chi connectivity index (χ3n) is 2.88. The minimum Gasteiger partial charge on any atom is -0.480 e. The molecule has 1 atom stereocenters. The van der Waals surface area contributed by atoms with Crippen LogP contribution in [0.15, 0.2) is 24.3 Å². The van der Waals surface area contributed by atoms with E-state index in [1.165, 1.54) is 0 Å². The van der Waals surface area contributed by atoms with Crippen LogP contribution < -0.4 is 0 Å². The largest absolute Gasteiger partial charge is 0.480 e. The van der Waals surface area contributed by atoms with Gasteiger partial charge in [-0.25, -0.2) is 4.39 Å². The van der Waals surface area contributed by atoms with E-state index in [-0.39, 0.29) is 12.1 Å². The first-order valence-electron chi connectivity index (χ1n) is 6.48. The molecule has 0 bridgehead atoms. The summed E-state index contributed by atoms with van der Waals surface area (Å²) in [5.41, 5.74) is -1.20. The molecule has 0 radical (unpaired) electrons. The second-order valence-electron chi connectivity index (χ2n) is 4.64. The molecular weight excluding hydrogens is 306 g/mol. The minimum atomic E-state index is -4.55. The number of hydrogen-bond donors (Lipinski definition) is 1. The number of carbonyl (C=O) groups is 2. The summed E-state index contributed by atoms with van der Waals surface area (Å²) in [5.74, 6) is -2.37. The highest BCUT2D eigenvalue weighted by molar-refractivity contribution is 5.85. The first-order chi connectivity index (χ1) is 10.2. The maximum Gasteiger partial charge on any atom is 0.416 e. The van der Waals surface area contributed by atoms with Crippen molar-refractivity contribution in [1.29, 1.82) is 0 Å². The molecule has 4 nitrogen and oxygen atoms in total. The van der Waals surface area contributed by atoms with Gasteiger partial charge in [0.2, 0.25) is 6.17 Å². The minimum absolute atomic E-state index is 0.0478. The van der Waals surface area contributed by atoms with Gasteiger partial charge < -0.3 is 10.0 Å². The van der Waals surface area contributed by atoms with Gasteiger partial charge in [0.15, 0.2) is 0 Å². The maximum absolute atomic E-state index is 14.1. The van der Waals surface area contributed by atoms with Crippen molar-refractivity contribution < 1.29 is 32.3 Å². The highest BCUT2D eigenvalue weighted by atomic mass is 19.4. The number of carboxylic acids is 1. The molecule has 1 rings (SSSR count). The molecule has 122 valence electrons. The monoisotopic (exact) mass is 321 g/mol. The van der Waals surface area contributed by atoms with Gasteiger partial charge in [-0.15, -0.1) is 0 Å². The Kier molecular flexibility index (Phi) is 5.90.